The van der Waals surface area contributed by atoms with Gasteiger partial charge in [0, 0.05) is 11.8 Å². The van der Waals surface area contributed by atoms with Crippen molar-refractivity contribution in [3.63, 3.8) is 0 Å². The van der Waals surface area contributed by atoms with Crippen molar-refractivity contribution in [2.24, 2.45) is 0 Å². The third-order valence-corrected chi connectivity index (χ3v) is 13.1. The van der Waals surface area contributed by atoms with Gasteiger partial charge >= 0.3 is 0 Å². The Labute approximate surface area is 368 Å². The number of rotatable bonds is 6. The van der Waals surface area contributed by atoms with Gasteiger partial charge in [-0.05, 0) is 123 Å². The quantitative estimate of drug-likeness (QED) is 0.168. The molecule has 0 aliphatic carbocycles. The summed E-state index contributed by atoms with van der Waals surface area (Å²) in [5.41, 5.74) is 19.2. The van der Waals surface area contributed by atoms with Gasteiger partial charge in [0.1, 0.15) is 0 Å². The molecule has 0 aliphatic rings. The van der Waals surface area contributed by atoms with Gasteiger partial charge in [-0.3, -0.25) is 17.9 Å². The molecule has 0 bridgehead atoms. The van der Waals surface area contributed by atoms with E-state index in [1.54, 1.807) is 0 Å². The SMILES string of the molecule is CC(C)c1cccc(C(C)C)c1-c1cnn(-c2cccc(-n3c4cc(-n5c6ccc(C(C)(C)C)cc6n6c7cc(C(C)(C)C)ccc7nc56)ccc4n4c5ccccc5nc34)c2)c1. The molecule has 11 rings (SSSR count). The maximum Gasteiger partial charge on any atom is 0.220 e. The Morgan fingerprint density at radius 1 is 0.460 bits per heavy atom. The Morgan fingerprint density at radius 2 is 1.03 bits per heavy atom. The number of nitrogens with zero attached hydrogens (tertiary/aromatic N) is 8. The molecule has 0 saturated heterocycles. The van der Waals surface area contributed by atoms with Crippen molar-refractivity contribution in [3.05, 3.63) is 156 Å². The number of benzene rings is 6. The number of fused-ring (bicyclic) bond motifs is 10. The van der Waals surface area contributed by atoms with Crippen LogP contribution in [0.25, 0.3) is 83.9 Å². The lowest BCUT2D eigenvalue weighted by Gasteiger charge is -2.19. The highest BCUT2D eigenvalue weighted by atomic mass is 15.3. The van der Waals surface area contributed by atoms with Crippen LogP contribution >= 0.6 is 0 Å². The normalized spacial score (nSPS) is 12.9. The molecule has 0 atom stereocenters. The van der Waals surface area contributed by atoms with Crippen LogP contribution < -0.4 is 0 Å². The third-order valence-electron chi connectivity index (χ3n) is 13.1. The van der Waals surface area contributed by atoms with Crippen LogP contribution in [0.15, 0.2) is 134 Å². The highest BCUT2D eigenvalue weighted by Gasteiger charge is 2.25. The predicted octanol–water partition coefficient (Wildman–Crippen LogP) is 13.9. The van der Waals surface area contributed by atoms with Gasteiger partial charge in [0.05, 0.1) is 67.4 Å². The summed E-state index contributed by atoms with van der Waals surface area (Å²) in [7, 11) is 0. The average Bonchev–Trinajstić information content (AvgIpc) is 4.08. The van der Waals surface area contributed by atoms with Crippen LogP contribution in [0.1, 0.15) is 103 Å². The van der Waals surface area contributed by atoms with Gasteiger partial charge in [-0.25, -0.2) is 14.6 Å². The van der Waals surface area contributed by atoms with Crippen LogP contribution in [-0.2, 0) is 10.8 Å². The van der Waals surface area contributed by atoms with Crippen LogP contribution in [0.4, 0.5) is 0 Å². The maximum absolute atomic E-state index is 5.37. The van der Waals surface area contributed by atoms with Crippen molar-refractivity contribution in [1.82, 2.24) is 37.7 Å². The lowest BCUT2D eigenvalue weighted by molar-refractivity contribution is 0.591. The zero-order valence-electron chi connectivity index (χ0n) is 37.9. The summed E-state index contributed by atoms with van der Waals surface area (Å²) in [5.74, 6) is 2.52. The zero-order valence-corrected chi connectivity index (χ0v) is 37.9. The van der Waals surface area contributed by atoms with Crippen molar-refractivity contribution < 1.29 is 0 Å². The minimum Gasteiger partial charge on any atom is -0.278 e. The van der Waals surface area contributed by atoms with Crippen molar-refractivity contribution in [3.8, 4) is 28.2 Å². The molecule has 8 nitrogen and oxygen atoms in total. The molecular weight excluding hydrogens is 773 g/mol. The van der Waals surface area contributed by atoms with Gasteiger partial charge in [-0.2, -0.15) is 5.10 Å². The third kappa shape index (κ3) is 6.05. The van der Waals surface area contributed by atoms with Crippen LogP contribution in [0, 0.1) is 0 Å². The monoisotopic (exact) mass is 826 g/mol. The summed E-state index contributed by atoms with van der Waals surface area (Å²) >= 11 is 0. The van der Waals surface area contributed by atoms with E-state index < -0.39 is 0 Å². The van der Waals surface area contributed by atoms with E-state index in [-0.39, 0.29) is 10.8 Å². The molecule has 6 aromatic carbocycles. The van der Waals surface area contributed by atoms with Gasteiger partial charge in [0.25, 0.3) is 0 Å². The van der Waals surface area contributed by atoms with Gasteiger partial charge < -0.3 is 0 Å². The molecule has 0 saturated carbocycles. The minimum absolute atomic E-state index is 0.00104. The largest absolute Gasteiger partial charge is 0.278 e. The first-order valence-corrected chi connectivity index (χ1v) is 22.3. The molecule has 0 radical (unpaired) electrons. The fraction of sp³-hybridized carbons (Fsp3) is 0.255. The fourth-order valence-corrected chi connectivity index (χ4v) is 9.67. The van der Waals surface area contributed by atoms with Gasteiger partial charge in [0.2, 0.25) is 11.6 Å². The summed E-state index contributed by atoms with van der Waals surface area (Å²) in [6.45, 7) is 22.7. The second-order valence-electron chi connectivity index (χ2n) is 20.0. The number of hydrogen-bond donors (Lipinski definition) is 0. The molecular formula is C55H54N8. The number of para-hydroxylation sites is 2. The highest BCUT2D eigenvalue weighted by Crippen LogP contribution is 2.39. The number of aromatic nitrogens is 8. The van der Waals surface area contributed by atoms with E-state index in [9.17, 15) is 0 Å². The van der Waals surface area contributed by atoms with Crippen molar-refractivity contribution in [2.45, 2.75) is 91.9 Å². The second-order valence-corrected chi connectivity index (χ2v) is 20.0. The zero-order chi connectivity index (χ0) is 43.7. The average molecular weight is 827 g/mol. The Kier molecular flexibility index (Phi) is 8.52. The predicted molar refractivity (Wildman–Crippen MR) is 261 cm³/mol. The van der Waals surface area contributed by atoms with E-state index in [4.69, 9.17) is 15.1 Å². The van der Waals surface area contributed by atoms with E-state index in [0.717, 1.165) is 78.3 Å². The molecule has 0 spiro atoms. The first-order chi connectivity index (χ1) is 30.2. The summed E-state index contributed by atoms with van der Waals surface area (Å²) in [6.07, 6.45) is 4.20. The standard InChI is InChI=1S/C55H54N8/c1-33(2)41-17-14-18-42(34(3)4)51(41)35-31-56-59(32-35)38-15-13-16-39(29-38)61-50-30-40(23-26-47(50)62-45-20-12-11-19-43(45)57-53(61)62)60-46-25-22-37(55(8,9)10)28-49(46)63-48-27-36(54(5,6)7)21-24-44(48)58-52(60)63/h11-34H,1-10H3. The maximum atomic E-state index is 5.37. The highest BCUT2D eigenvalue weighted by molar-refractivity contribution is 5.96. The number of imidazole rings is 4. The molecule has 63 heavy (non-hydrogen) atoms. The minimum atomic E-state index is -0.0191. The van der Waals surface area contributed by atoms with Crippen molar-refractivity contribution in [2.75, 3.05) is 0 Å². The Bertz CT molecular complexity index is 3580. The topological polar surface area (TPSA) is 62.3 Å². The van der Waals surface area contributed by atoms with Crippen LogP contribution in [0.2, 0.25) is 0 Å². The van der Waals surface area contributed by atoms with E-state index in [1.165, 1.54) is 27.8 Å². The summed E-state index contributed by atoms with van der Waals surface area (Å²) in [5, 5.41) is 4.98. The fourth-order valence-electron chi connectivity index (χ4n) is 9.67. The molecule has 314 valence electrons. The lowest BCUT2D eigenvalue weighted by atomic mass is 9.86. The summed E-state index contributed by atoms with van der Waals surface area (Å²) in [4.78, 5) is 10.7. The molecule has 5 aromatic heterocycles. The Morgan fingerprint density at radius 3 is 1.73 bits per heavy atom. The smallest absolute Gasteiger partial charge is 0.220 e. The van der Waals surface area contributed by atoms with Crippen LogP contribution in [0.3, 0.4) is 0 Å². The Balaban J connectivity index is 1.14. The van der Waals surface area contributed by atoms with Crippen molar-refractivity contribution in [1.29, 1.82) is 0 Å². The molecule has 5 heterocycles. The van der Waals surface area contributed by atoms with E-state index in [2.05, 4.69) is 215 Å². The Hall–Kier alpha value is -6.93. The van der Waals surface area contributed by atoms with E-state index in [0.29, 0.717) is 11.8 Å². The first kappa shape index (κ1) is 39.0. The van der Waals surface area contributed by atoms with Crippen molar-refractivity contribution >= 4 is 55.7 Å². The van der Waals surface area contributed by atoms with Crippen LogP contribution in [-0.4, -0.2) is 37.7 Å². The van der Waals surface area contributed by atoms with Crippen LogP contribution in [0.5, 0.6) is 0 Å². The molecule has 8 heteroatoms. The first-order valence-electron chi connectivity index (χ1n) is 22.3. The molecule has 0 aliphatic heterocycles. The molecule has 0 fully saturated rings. The molecule has 11 aromatic rings. The van der Waals surface area contributed by atoms with E-state index in [1.807, 2.05) is 10.9 Å². The summed E-state index contributed by atoms with van der Waals surface area (Å²) in [6, 6.07) is 44.2. The van der Waals surface area contributed by atoms with E-state index >= 15 is 0 Å². The molecule has 0 amide bonds. The second kappa shape index (κ2) is 13.8. The van der Waals surface area contributed by atoms with Gasteiger partial charge in [-0.1, -0.05) is 118 Å². The number of hydrogen-bond acceptors (Lipinski definition) is 3. The van der Waals surface area contributed by atoms with Gasteiger partial charge in [-0.15, -0.1) is 0 Å². The molecule has 0 N–H and O–H groups in total. The lowest BCUT2D eigenvalue weighted by Crippen LogP contribution is -2.11. The summed E-state index contributed by atoms with van der Waals surface area (Å²) < 4.78 is 11.3. The van der Waals surface area contributed by atoms with Gasteiger partial charge in [0.15, 0.2) is 0 Å². The molecule has 0 unspecified atom stereocenters.